The lowest BCUT2D eigenvalue weighted by Crippen LogP contribution is -2.24. The van der Waals surface area contributed by atoms with Crippen molar-refractivity contribution in [2.45, 2.75) is 38.1 Å². The van der Waals surface area contributed by atoms with Gasteiger partial charge in [0.2, 0.25) is 0 Å². The smallest absolute Gasteiger partial charge is 0.375 e. The Bertz CT molecular complexity index is 1760. The molecule has 4 aromatic rings. The van der Waals surface area contributed by atoms with Gasteiger partial charge in [-0.05, 0) is 78.5 Å². The van der Waals surface area contributed by atoms with Gasteiger partial charge in [0.25, 0.3) is 5.91 Å². The maximum atomic E-state index is 14.2. The molecule has 1 amide bonds. The average Bonchev–Trinajstić information content (AvgIpc) is 3.68. The number of alkyl halides is 3. The van der Waals surface area contributed by atoms with Gasteiger partial charge >= 0.3 is 6.18 Å². The predicted molar refractivity (Wildman–Crippen MR) is 152 cm³/mol. The van der Waals surface area contributed by atoms with Gasteiger partial charge in [0, 0.05) is 36.3 Å². The zero-order valence-corrected chi connectivity index (χ0v) is 23.6. The number of anilines is 1. The number of halogens is 3. The summed E-state index contributed by atoms with van der Waals surface area (Å²) < 4.78 is 49.9. The van der Waals surface area contributed by atoms with Crippen LogP contribution in [0.5, 0.6) is 0 Å². The molecule has 2 aliphatic rings. The number of pyridine rings is 1. The van der Waals surface area contributed by atoms with E-state index in [9.17, 15) is 23.2 Å². The van der Waals surface area contributed by atoms with E-state index >= 15 is 0 Å². The van der Waals surface area contributed by atoms with Crippen molar-refractivity contribution in [3.05, 3.63) is 82.3 Å². The van der Waals surface area contributed by atoms with E-state index in [0.29, 0.717) is 35.7 Å². The van der Waals surface area contributed by atoms with Crippen LogP contribution in [0.25, 0.3) is 22.5 Å². The standard InChI is InChI=1S/C31H28F3N7O2/c1-36-7-8-43-16-19-10-24-25(26(11-19)31(32,33)34)15-41(30(24)42)28-13-21(12-27(38-28)20-4-5-20)22-6-3-18(14-35)9-23(22)29-39-37-17-40(29)2/h3,6,9-13,17,20,36H,4-5,7-8,15-16H2,1-2H3. The molecule has 1 aliphatic carbocycles. The van der Waals surface area contributed by atoms with E-state index in [1.165, 1.54) is 11.0 Å². The molecule has 0 atom stereocenters. The minimum absolute atomic E-state index is 0.000336. The molecule has 9 nitrogen and oxygen atoms in total. The van der Waals surface area contributed by atoms with Gasteiger partial charge < -0.3 is 14.6 Å². The molecule has 0 radical (unpaired) electrons. The Hall–Kier alpha value is -4.60. The van der Waals surface area contributed by atoms with Gasteiger partial charge in [-0.25, -0.2) is 4.98 Å². The number of nitriles is 1. The van der Waals surface area contributed by atoms with Crippen molar-refractivity contribution in [3.63, 3.8) is 0 Å². The third-order valence-electron chi connectivity index (χ3n) is 7.69. The van der Waals surface area contributed by atoms with E-state index in [0.717, 1.165) is 30.2 Å². The molecular formula is C31H28F3N7O2. The van der Waals surface area contributed by atoms with Crippen LogP contribution < -0.4 is 10.2 Å². The number of nitrogens with zero attached hydrogens (tertiary/aromatic N) is 6. The molecular weight excluding hydrogens is 559 g/mol. The Balaban J connectivity index is 1.43. The summed E-state index contributed by atoms with van der Waals surface area (Å²) in [5, 5.41) is 20.7. The van der Waals surface area contributed by atoms with Crippen LogP contribution in [0.15, 0.2) is 48.8 Å². The van der Waals surface area contributed by atoms with Crippen molar-refractivity contribution < 1.29 is 22.7 Å². The number of aryl methyl sites for hydroxylation is 1. The fraction of sp³-hybridized carbons (Fsp3) is 0.323. The number of amides is 1. The number of carbonyl (C=O) groups excluding carboxylic acids is 1. The molecule has 1 N–H and O–H groups in total. The number of ether oxygens (including phenoxy) is 1. The molecule has 220 valence electrons. The molecule has 1 aliphatic heterocycles. The Labute approximate surface area is 245 Å². The van der Waals surface area contributed by atoms with Gasteiger partial charge in [0.1, 0.15) is 12.1 Å². The Morgan fingerprint density at radius 2 is 1.93 bits per heavy atom. The van der Waals surface area contributed by atoms with Crippen LogP contribution in [-0.4, -0.2) is 45.9 Å². The van der Waals surface area contributed by atoms with Crippen molar-refractivity contribution in [2.75, 3.05) is 25.1 Å². The molecule has 1 saturated carbocycles. The fourth-order valence-corrected chi connectivity index (χ4v) is 5.35. The Morgan fingerprint density at radius 3 is 2.60 bits per heavy atom. The maximum absolute atomic E-state index is 14.2. The molecule has 0 bridgehead atoms. The van der Waals surface area contributed by atoms with Crippen molar-refractivity contribution in [1.82, 2.24) is 25.1 Å². The quantitative estimate of drug-likeness (QED) is 0.268. The summed E-state index contributed by atoms with van der Waals surface area (Å²) in [4.78, 5) is 19.8. The van der Waals surface area contributed by atoms with Gasteiger partial charge in [-0.1, -0.05) is 6.07 Å². The second kappa shape index (κ2) is 11.2. The second-order valence-corrected chi connectivity index (χ2v) is 10.8. The number of hydrogen-bond acceptors (Lipinski definition) is 7. The molecule has 2 aromatic heterocycles. The summed E-state index contributed by atoms with van der Waals surface area (Å²) in [5.41, 5.74) is 2.68. The van der Waals surface area contributed by atoms with Crippen molar-refractivity contribution in [3.8, 4) is 28.6 Å². The van der Waals surface area contributed by atoms with E-state index in [1.54, 1.807) is 49.3 Å². The number of fused-ring (bicyclic) bond motifs is 1. The summed E-state index contributed by atoms with van der Waals surface area (Å²) in [6.07, 6.45) is -1.22. The number of nitrogens with one attached hydrogen (secondary N) is 1. The third-order valence-corrected chi connectivity index (χ3v) is 7.69. The maximum Gasteiger partial charge on any atom is 0.416 e. The molecule has 1 fully saturated rings. The highest BCUT2D eigenvalue weighted by Crippen LogP contribution is 2.44. The van der Waals surface area contributed by atoms with Crippen LogP contribution in [0, 0.1) is 11.3 Å². The van der Waals surface area contributed by atoms with Crippen LogP contribution in [0.1, 0.15) is 57.1 Å². The highest BCUT2D eigenvalue weighted by molar-refractivity contribution is 6.10. The minimum atomic E-state index is -4.65. The number of benzene rings is 2. The zero-order valence-electron chi connectivity index (χ0n) is 23.6. The Morgan fingerprint density at radius 1 is 1.12 bits per heavy atom. The number of rotatable bonds is 9. The lowest BCUT2D eigenvalue weighted by atomic mass is 9.96. The molecule has 6 rings (SSSR count). The van der Waals surface area contributed by atoms with E-state index < -0.39 is 17.6 Å². The Kier molecular flexibility index (Phi) is 7.45. The lowest BCUT2D eigenvalue weighted by molar-refractivity contribution is -0.138. The van der Waals surface area contributed by atoms with Crippen LogP contribution in [0.3, 0.4) is 0 Å². The summed E-state index contributed by atoms with van der Waals surface area (Å²) in [6.45, 7) is 0.566. The normalized spacial score (nSPS) is 14.7. The molecule has 0 saturated heterocycles. The number of hydrogen-bond donors (Lipinski definition) is 1. The molecule has 0 unspecified atom stereocenters. The summed E-state index contributed by atoms with van der Waals surface area (Å²) in [7, 11) is 3.55. The largest absolute Gasteiger partial charge is 0.416 e. The van der Waals surface area contributed by atoms with Crippen LogP contribution in [0.4, 0.5) is 19.0 Å². The lowest BCUT2D eigenvalue weighted by Gasteiger charge is -2.19. The van der Waals surface area contributed by atoms with Crippen molar-refractivity contribution in [2.24, 2.45) is 7.05 Å². The van der Waals surface area contributed by atoms with Crippen molar-refractivity contribution in [1.29, 1.82) is 5.26 Å². The topological polar surface area (TPSA) is 109 Å². The molecule has 12 heteroatoms. The van der Waals surface area contributed by atoms with Gasteiger partial charge in [-0.15, -0.1) is 10.2 Å². The summed E-state index contributed by atoms with van der Waals surface area (Å²) in [6, 6.07) is 13.6. The van der Waals surface area contributed by atoms with Crippen molar-refractivity contribution >= 4 is 11.7 Å². The van der Waals surface area contributed by atoms with Crippen LogP contribution >= 0.6 is 0 Å². The van der Waals surface area contributed by atoms with Crippen LogP contribution in [0.2, 0.25) is 0 Å². The number of likely N-dealkylation sites (N-methyl/N-ethyl adjacent to an activating group) is 1. The van der Waals surface area contributed by atoms with Crippen LogP contribution in [-0.2, 0) is 31.1 Å². The van der Waals surface area contributed by atoms with Gasteiger partial charge in [0.15, 0.2) is 5.82 Å². The predicted octanol–water partition coefficient (Wildman–Crippen LogP) is 5.21. The first-order valence-electron chi connectivity index (χ1n) is 13.9. The molecule has 43 heavy (non-hydrogen) atoms. The van der Waals surface area contributed by atoms with E-state index in [2.05, 4.69) is 21.6 Å². The highest BCUT2D eigenvalue weighted by atomic mass is 19.4. The van der Waals surface area contributed by atoms with Gasteiger partial charge in [0.05, 0.1) is 37.0 Å². The summed E-state index contributed by atoms with van der Waals surface area (Å²) >= 11 is 0. The van der Waals surface area contributed by atoms with E-state index in [1.807, 2.05) is 6.07 Å². The van der Waals surface area contributed by atoms with Gasteiger partial charge in [-0.2, -0.15) is 18.4 Å². The molecule has 2 aromatic carbocycles. The average molecular weight is 588 g/mol. The first-order chi connectivity index (χ1) is 20.7. The number of carbonyl (C=O) groups is 1. The monoisotopic (exact) mass is 587 g/mol. The number of aromatic nitrogens is 4. The zero-order chi connectivity index (χ0) is 30.3. The minimum Gasteiger partial charge on any atom is -0.375 e. The molecule has 3 heterocycles. The van der Waals surface area contributed by atoms with E-state index in [4.69, 9.17) is 9.72 Å². The van der Waals surface area contributed by atoms with Gasteiger partial charge in [-0.3, -0.25) is 9.69 Å². The second-order valence-electron chi connectivity index (χ2n) is 10.8. The fourth-order valence-electron chi connectivity index (χ4n) is 5.35. The SMILES string of the molecule is CNCCOCc1cc2c(c(C(F)(F)F)c1)CN(c1cc(-c3ccc(C#N)cc3-c3nncn3C)cc(C3CC3)n1)C2=O. The molecule has 0 spiro atoms. The highest BCUT2D eigenvalue weighted by Gasteiger charge is 2.41. The third kappa shape index (κ3) is 5.61. The first-order valence-corrected chi connectivity index (χ1v) is 13.9. The van der Waals surface area contributed by atoms with E-state index in [-0.39, 0.29) is 41.6 Å². The first kappa shape index (κ1) is 28.5. The summed E-state index contributed by atoms with van der Waals surface area (Å²) in [5.74, 6) is 0.469.